The van der Waals surface area contributed by atoms with Gasteiger partial charge in [0.25, 0.3) is 0 Å². The molecule has 0 spiro atoms. The molecule has 3 rings (SSSR count). The summed E-state index contributed by atoms with van der Waals surface area (Å²) in [5.74, 6) is 0. The molecule has 0 radical (unpaired) electrons. The van der Waals surface area contributed by atoms with Crippen molar-refractivity contribution in [3.8, 4) is 0 Å². The van der Waals surface area contributed by atoms with Crippen LogP contribution in [0.25, 0.3) is 0 Å². The van der Waals surface area contributed by atoms with Crippen LogP contribution in [-0.2, 0) is 6.42 Å². The van der Waals surface area contributed by atoms with E-state index in [1.807, 2.05) is 18.5 Å². The summed E-state index contributed by atoms with van der Waals surface area (Å²) < 4.78 is 0. The van der Waals surface area contributed by atoms with E-state index in [0.29, 0.717) is 12.1 Å². The number of nitrogens with zero attached hydrogens (tertiary/aromatic N) is 1. The fourth-order valence-corrected chi connectivity index (χ4v) is 2.86. The van der Waals surface area contributed by atoms with Gasteiger partial charge in [-0.25, -0.2) is 0 Å². The van der Waals surface area contributed by atoms with Gasteiger partial charge in [-0.15, -0.1) is 0 Å². The van der Waals surface area contributed by atoms with E-state index >= 15 is 0 Å². The van der Waals surface area contributed by atoms with Gasteiger partial charge in [-0.1, -0.05) is 6.07 Å². The number of nitrogen functional groups attached to an aromatic ring is 1. The van der Waals surface area contributed by atoms with E-state index in [4.69, 9.17) is 5.73 Å². The first-order valence-electron chi connectivity index (χ1n) is 6.78. The average molecular weight is 253 g/mol. The van der Waals surface area contributed by atoms with Crippen LogP contribution >= 0.6 is 0 Å². The summed E-state index contributed by atoms with van der Waals surface area (Å²) in [6, 6.07) is 11.2. The third kappa shape index (κ3) is 2.47. The molecule has 0 saturated carbocycles. The fraction of sp³-hybridized carbons (Fsp3) is 0.312. The first-order chi connectivity index (χ1) is 9.24. The zero-order valence-corrected chi connectivity index (χ0v) is 11.1. The maximum Gasteiger partial charge on any atom is 0.0331 e. The lowest BCUT2D eigenvalue weighted by Gasteiger charge is -2.20. The Balaban J connectivity index is 1.76. The van der Waals surface area contributed by atoms with E-state index < -0.39 is 0 Å². The highest BCUT2D eigenvalue weighted by Gasteiger charge is 2.23. The Kier molecular flexibility index (Phi) is 3.22. The SMILES string of the molecule is CC(NC1CCc2cc(N)ccc21)c1ccncc1. The van der Waals surface area contributed by atoms with E-state index in [1.165, 1.54) is 16.7 Å². The lowest BCUT2D eigenvalue weighted by Crippen LogP contribution is -2.23. The molecule has 2 aromatic rings. The molecule has 3 nitrogen and oxygen atoms in total. The molecular formula is C16H19N3. The molecule has 1 aliphatic rings. The first-order valence-corrected chi connectivity index (χ1v) is 6.78. The first kappa shape index (κ1) is 12.2. The number of anilines is 1. The van der Waals surface area contributed by atoms with Crippen LogP contribution in [0.2, 0.25) is 0 Å². The zero-order valence-electron chi connectivity index (χ0n) is 11.1. The van der Waals surface area contributed by atoms with Crippen molar-refractivity contribution in [2.75, 3.05) is 5.73 Å². The molecule has 0 saturated heterocycles. The Hall–Kier alpha value is -1.87. The summed E-state index contributed by atoms with van der Waals surface area (Å²) in [5.41, 5.74) is 10.8. The molecule has 2 atom stereocenters. The molecule has 0 fully saturated rings. The molecule has 1 aromatic carbocycles. The molecule has 0 aliphatic heterocycles. The van der Waals surface area contributed by atoms with Crippen molar-refractivity contribution < 1.29 is 0 Å². The van der Waals surface area contributed by atoms with Crippen LogP contribution < -0.4 is 11.1 Å². The zero-order chi connectivity index (χ0) is 13.2. The summed E-state index contributed by atoms with van der Waals surface area (Å²) in [7, 11) is 0. The number of nitrogens with one attached hydrogen (secondary N) is 1. The van der Waals surface area contributed by atoms with Crippen LogP contribution in [0.5, 0.6) is 0 Å². The fourth-order valence-electron chi connectivity index (χ4n) is 2.86. The Bertz CT molecular complexity index is 565. The average Bonchev–Trinajstić information content (AvgIpc) is 2.82. The predicted molar refractivity (Wildman–Crippen MR) is 77.7 cm³/mol. The van der Waals surface area contributed by atoms with Crippen LogP contribution in [0, 0.1) is 0 Å². The molecule has 2 unspecified atom stereocenters. The molecule has 0 amide bonds. The lowest BCUT2D eigenvalue weighted by molar-refractivity contribution is 0.465. The molecule has 1 aliphatic carbocycles. The summed E-state index contributed by atoms with van der Waals surface area (Å²) in [6.45, 7) is 2.20. The van der Waals surface area contributed by atoms with Crippen molar-refractivity contribution in [3.63, 3.8) is 0 Å². The van der Waals surface area contributed by atoms with E-state index in [2.05, 4.69) is 41.5 Å². The number of hydrogen-bond donors (Lipinski definition) is 2. The van der Waals surface area contributed by atoms with Crippen molar-refractivity contribution in [2.45, 2.75) is 31.8 Å². The minimum absolute atomic E-state index is 0.330. The molecule has 1 heterocycles. The van der Waals surface area contributed by atoms with Gasteiger partial charge in [-0.3, -0.25) is 4.98 Å². The second-order valence-corrected chi connectivity index (χ2v) is 5.22. The van der Waals surface area contributed by atoms with Crippen LogP contribution in [0.1, 0.15) is 42.1 Å². The van der Waals surface area contributed by atoms with E-state index in [1.54, 1.807) is 0 Å². The van der Waals surface area contributed by atoms with Crippen molar-refractivity contribution in [1.82, 2.24) is 10.3 Å². The molecule has 0 bridgehead atoms. The number of aromatic nitrogens is 1. The number of pyridine rings is 1. The second kappa shape index (κ2) is 5.02. The van der Waals surface area contributed by atoms with E-state index in [-0.39, 0.29) is 0 Å². The normalized spacial score (nSPS) is 19.1. The maximum absolute atomic E-state index is 5.84. The summed E-state index contributed by atoms with van der Waals surface area (Å²) >= 11 is 0. The van der Waals surface area contributed by atoms with Crippen LogP contribution in [-0.4, -0.2) is 4.98 Å². The van der Waals surface area contributed by atoms with Crippen molar-refractivity contribution in [1.29, 1.82) is 0 Å². The second-order valence-electron chi connectivity index (χ2n) is 5.22. The quantitative estimate of drug-likeness (QED) is 0.827. The van der Waals surface area contributed by atoms with Crippen molar-refractivity contribution in [2.24, 2.45) is 0 Å². The largest absolute Gasteiger partial charge is 0.399 e. The number of aryl methyl sites for hydroxylation is 1. The number of benzene rings is 1. The van der Waals surface area contributed by atoms with Gasteiger partial charge in [-0.05, 0) is 60.7 Å². The molecular weight excluding hydrogens is 234 g/mol. The van der Waals surface area contributed by atoms with Gasteiger partial charge in [0.05, 0.1) is 0 Å². The van der Waals surface area contributed by atoms with E-state index in [0.717, 1.165) is 18.5 Å². The number of fused-ring (bicyclic) bond motifs is 1. The Morgan fingerprint density at radius 1 is 1.26 bits per heavy atom. The van der Waals surface area contributed by atoms with Gasteiger partial charge < -0.3 is 11.1 Å². The Labute approximate surface area is 113 Å². The third-order valence-corrected chi connectivity index (χ3v) is 3.90. The van der Waals surface area contributed by atoms with Crippen molar-refractivity contribution in [3.05, 3.63) is 59.4 Å². The number of rotatable bonds is 3. The maximum atomic E-state index is 5.84. The van der Waals surface area contributed by atoms with Gasteiger partial charge in [0, 0.05) is 30.2 Å². The summed E-state index contributed by atoms with van der Waals surface area (Å²) in [5, 5.41) is 3.70. The van der Waals surface area contributed by atoms with Crippen LogP contribution in [0.15, 0.2) is 42.7 Å². The molecule has 19 heavy (non-hydrogen) atoms. The van der Waals surface area contributed by atoms with Crippen molar-refractivity contribution >= 4 is 5.69 Å². The molecule has 3 heteroatoms. The Morgan fingerprint density at radius 2 is 2.05 bits per heavy atom. The van der Waals surface area contributed by atoms with Gasteiger partial charge >= 0.3 is 0 Å². The van der Waals surface area contributed by atoms with Gasteiger partial charge in [0.1, 0.15) is 0 Å². The van der Waals surface area contributed by atoms with Gasteiger partial charge in [0.15, 0.2) is 0 Å². The Morgan fingerprint density at radius 3 is 2.84 bits per heavy atom. The minimum Gasteiger partial charge on any atom is -0.399 e. The lowest BCUT2D eigenvalue weighted by atomic mass is 10.0. The standard InChI is InChI=1S/C16H19N3/c1-11(12-6-8-18-9-7-12)19-16-5-2-13-10-14(17)3-4-15(13)16/h3-4,6-11,16,19H,2,5,17H2,1H3. The highest BCUT2D eigenvalue weighted by molar-refractivity contribution is 5.47. The molecule has 3 N–H and O–H groups in total. The smallest absolute Gasteiger partial charge is 0.0331 e. The number of nitrogens with two attached hydrogens (primary N) is 1. The predicted octanol–water partition coefficient (Wildman–Crippen LogP) is 3.00. The highest BCUT2D eigenvalue weighted by Crippen LogP contribution is 2.33. The highest BCUT2D eigenvalue weighted by atomic mass is 15.0. The van der Waals surface area contributed by atoms with Gasteiger partial charge in [-0.2, -0.15) is 0 Å². The minimum atomic E-state index is 0.330. The van der Waals surface area contributed by atoms with Crippen LogP contribution in [0.4, 0.5) is 5.69 Å². The number of hydrogen-bond acceptors (Lipinski definition) is 3. The molecule has 98 valence electrons. The molecule has 1 aromatic heterocycles. The summed E-state index contributed by atoms with van der Waals surface area (Å²) in [6.07, 6.45) is 5.95. The third-order valence-electron chi connectivity index (χ3n) is 3.90. The topological polar surface area (TPSA) is 50.9 Å². The van der Waals surface area contributed by atoms with Crippen LogP contribution in [0.3, 0.4) is 0 Å². The monoisotopic (exact) mass is 253 g/mol. The van der Waals surface area contributed by atoms with Gasteiger partial charge in [0.2, 0.25) is 0 Å². The van der Waals surface area contributed by atoms with E-state index in [9.17, 15) is 0 Å². The summed E-state index contributed by atoms with van der Waals surface area (Å²) in [4.78, 5) is 4.06.